The Hall–Kier alpha value is -0.520. The van der Waals surface area contributed by atoms with Gasteiger partial charge in [-0.3, -0.25) is 0 Å². The molecule has 0 aromatic rings. The molecule has 0 bridgehead atoms. The van der Waals surface area contributed by atoms with E-state index in [4.69, 9.17) is 0 Å². The highest BCUT2D eigenvalue weighted by Gasteiger charge is 1.96. The van der Waals surface area contributed by atoms with Gasteiger partial charge >= 0.3 is 0 Å². The van der Waals surface area contributed by atoms with Crippen molar-refractivity contribution in [2.75, 3.05) is 0 Å². The lowest BCUT2D eigenvalue weighted by atomic mass is 10.0. The summed E-state index contributed by atoms with van der Waals surface area (Å²) < 4.78 is 0. The van der Waals surface area contributed by atoms with Crippen LogP contribution in [0.15, 0.2) is 23.3 Å². The molecule has 0 aromatic heterocycles. The maximum Gasteiger partial charge on any atom is -0.0308 e. The zero-order valence-electron chi connectivity index (χ0n) is 12.0. The zero-order valence-corrected chi connectivity index (χ0v) is 12.0. The molecule has 0 spiro atoms. The van der Waals surface area contributed by atoms with Crippen molar-refractivity contribution in [1.82, 2.24) is 0 Å². The van der Waals surface area contributed by atoms with Crippen LogP contribution in [0.1, 0.15) is 73.1 Å². The van der Waals surface area contributed by atoms with Crippen molar-refractivity contribution in [1.29, 1.82) is 0 Å². The highest BCUT2D eigenvalue weighted by molar-refractivity contribution is 5.24. The van der Waals surface area contributed by atoms with Gasteiger partial charge in [-0.25, -0.2) is 0 Å². The number of hydrogen-bond donors (Lipinski definition) is 0. The first kappa shape index (κ1) is 15.5. The van der Waals surface area contributed by atoms with Crippen LogP contribution in [0.2, 0.25) is 0 Å². The van der Waals surface area contributed by atoms with Crippen LogP contribution < -0.4 is 0 Å². The third-order valence-electron chi connectivity index (χ3n) is 3.03. The lowest BCUT2D eigenvalue weighted by Gasteiger charge is -2.05. The van der Waals surface area contributed by atoms with Crippen LogP contribution in [-0.2, 0) is 0 Å². The summed E-state index contributed by atoms with van der Waals surface area (Å²) >= 11 is 0. The summed E-state index contributed by atoms with van der Waals surface area (Å²) in [5, 5.41) is 0. The van der Waals surface area contributed by atoms with Crippen LogP contribution in [0.5, 0.6) is 0 Å². The van der Waals surface area contributed by atoms with E-state index in [-0.39, 0.29) is 0 Å². The van der Waals surface area contributed by atoms with Crippen molar-refractivity contribution < 1.29 is 0 Å². The monoisotopic (exact) mass is 222 g/mol. The minimum absolute atomic E-state index is 0.844. The van der Waals surface area contributed by atoms with Crippen LogP contribution in [0, 0.1) is 5.92 Å². The summed E-state index contributed by atoms with van der Waals surface area (Å²) in [6.07, 6.45) is 12.3. The van der Waals surface area contributed by atoms with Crippen LogP contribution >= 0.6 is 0 Å². The van der Waals surface area contributed by atoms with E-state index in [1.807, 2.05) is 0 Å². The molecule has 0 nitrogen and oxygen atoms in total. The van der Waals surface area contributed by atoms with E-state index in [0.29, 0.717) is 0 Å². The van der Waals surface area contributed by atoms with Crippen LogP contribution in [0.25, 0.3) is 0 Å². The molecule has 0 heterocycles. The summed E-state index contributed by atoms with van der Waals surface area (Å²) in [4.78, 5) is 0. The molecule has 0 atom stereocenters. The van der Waals surface area contributed by atoms with E-state index >= 15 is 0 Å². The van der Waals surface area contributed by atoms with E-state index in [2.05, 4.69) is 46.8 Å². The number of allylic oxidation sites excluding steroid dienone is 4. The standard InChI is InChI=1S/C16H30/c1-6-11-15(5)16(7-2)13-10-8-9-12-14(3)4/h10,13-14H,6-9,11-12H2,1-5H3/b13-10-,16-15-. The molecule has 0 radical (unpaired) electrons. The number of rotatable bonds is 8. The summed E-state index contributed by atoms with van der Waals surface area (Å²) in [6.45, 7) is 11.4. The van der Waals surface area contributed by atoms with Gasteiger partial charge in [-0.1, -0.05) is 58.3 Å². The van der Waals surface area contributed by atoms with Crippen molar-refractivity contribution in [3.8, 4) is 0 Å². The fraction of sp³-hybridized carbons (Fsp3) is 0.750. The molecule has 0 aliphatic rings. The van der Waals surface area contributed by atoms with Crippen LogP contribution in [0.3, 0.4) is 0 Å². The van der Waals surface area contributed by atoms with Gasteiger partial charge in [-0.2, -0.15) is 0 Å². The fourth-order valence-electron chi connectivity index (χ4n) is 1.97. The summed E-state index contributed by atoms with van der Waals surface area (Å²) in [5.41, 5.74) is 3.12. The Morgan fingerprint density at radius 1 is 1.19 bits per heavy atom. The molecule has 0 unspecified atom stereocenters. The molecular weight excluding hydrogens is 192 g/mol. The van der Waals surface area contributed by atoms with Gasteiger partial charge in [-0.05, 0) is 44.1 Å². The Bertz CT molecular complexity index is 218. The topological polar surface area (TPSA) is 0 Å². The second kappa shape index (κ2) is 9.69. The maximum atomic E-state index is 2.36. The molecule has 0 heteroatoms. The molecule has 0 aromatic carbocycles. The van der Waals surface area contributed by atoms with Gasteiger partial charge in [0, 0.05) is 0 Å². The number of hydrogen-bond acceptors (Lipinski definition) is 0. The first-order valence-corrected chi connectivity index (χ1v) is 6.96. The Balaban J connectivity index is 4.02. The van der Waals surface area contributed by atoms with Gasteiger partial charge < -0.3 is 0 Å². The molecular formula is C16H30. The van der Waals surface area contributed by atoms with E-state index in [1.54, 1.807) is 11.1 Å². The SMILES string of the molecule is CCC/C(C)=C(\C=C/CCCC(C)C)CC. The first-order chi connectivity index (χ1) is 7.61. The van der Waals surface area contributed by atoms with Crippen molar-refractivity contribution in [3.05, 3.63) is 23.3 Å². The van der Waals surface area contributed by atoms with Crippen molar-refractivity contribution >= 4 is 0 Å². The normalized spacial score (nSPS) is 13.6. The minimum Gasteiger partial charge on any atom is -0.0843 e. The highest BCUT2D eigenvalue weighted by Crippen LogP contribution is 2.16. The molecule has 0 saturated carbocycles. The van der Waals surface area contributed by atoms with Crippen LogP contribution in [0.4, 0.5) is 0 Å². The van der Waals surface area contributed by atoms with Gasteiger partial charge in [0.1, 0.15) is 0 Å². The van der Waals surface area contributed by atoms with E-state index in [0.717, 1.165) is 5.92 Å². The largest absolute Gasteiger partial charge is 0.0843 e. The molecule has 94 valence electrons. The third-order valence-corrected chi connectivity index (χ3v) is 3.03. The average molecular weight is 222 g/mol. The van der Waals surface area contributed by atoms with Gasteiger partial charge in [0.05, 0.1) is 0 Å². The van der Waals surface area contributed by atoms with Crippen molar-refractivity contribution in [2.45, 2.75) is 73.1 Å². The molecule has 0 amide bonds. The Labute approximate surface area is 103 Å². The lowest BCUT2D eigenvalue weighted by Crippen LogP contribution is -1.86. The second-order valence-corrected chi connectivity index (χ2v) is 5.14. The molecule has 0 N–H and O–H groups in total. The average Bonchev–Trinajstić information content (AvgIpc) is 2.23. The molecule has 0 aliphatic heterocycles. The fourth-order valence-corrected chi connectivity index (χ4v) is 1.97. The van der Waals surface area contributed by atoms with Crippen molar-refractivity contribution in [3.63, 3.8) is 0 Å². The van der Waals surface area contributed by atoms with E-state index in [9.17, 15) is 0 Å². The minimum atomic E-state index is 0.844. The van der Waals surface area contributed by atoms with Gasteiger partial charge in [0.15, 0.2) is 0 Å². The molecule has 0 aliphatic carbocycles. The lowest BCUT2D eigenvalue weighted by molar-refractivity contribution is 0.560. The quantitative estimate of drug-likeness (QED) is 0.354. The predicted molar refractivity (Wildman–Crippen MR) is 75.7 cm³/mol. The highest BCUT2D eigenvalue weighted by atomic mass is 14.0. The first-order valence-electron chi connectivity index (χ1n) is 6.96. The van der Waals surface area contributed by atoms with E-state index in [1.165, 1.54) is 38.5 Å². The molecule has 16 heavy (non-hydrogen) atoms. The number of unbranched alkanes of at least 4 members (excludes halogenated alkanes) is 1. The smallest absolute Gasteiger partial charge is 0.0308 e. The Morgan fingerprint density at radius 3 is 2.38 bits per heavy atom. The maximum absolute atomic E-state index is 2.36. The molecule has 0 saturated heterocycles. The summed E-state index contributed by atoms with van der Waals surface area (Å²) in [7, 11) is 0. The molecule has 0 fully saturated rings. The second-order valence-electron chi connectivity index (χ2n) is 5.14. The van der Waals surface area contributed by atoms with Gasteiger partial charge in [-0.15, -0.1) is 0 Å². The van der Waals surface area contributed by atoms with Gasteiger partial charge in [0.2, 0.25) is 0 Å². The Morgan fingerprint density at radius 2 is 1.88 bits per heavy atom. The zero-order chi connectivity index (χ0) is 12.4. The van der Waals surface area contributed by atoms with Crippen LogP contribution in [-0.4, -0.2) is 0 Å². The van der Waals surface area contributed by atoms with Crippen molar-refractivity contribution in [2.24, 2.45) is 5.92 Å². The summed E-state index contributed by atoms with van der Waals surface area (Å²) in [6, 6.07) is 0. The van der Waals surface area contributed by atoms with Gasteiger partial charge in [0.25, 0.3) is 0 Å². The van der Waals surface area contributed by atoms with E-state index < -0.39 is 0 Å². The molecule has 0 rings (SSSR count). The Kier molecular flexibility index (Phi) is 9.37. The summed E-state index contributed by atoms with van der Waals surface area (Å²) in [5.74, 6) is 0.844. The third kappa shape index (κ3) is 7.73. The predicted octanol–water partition coefficient (Wildman–Crippen LogP) is 5.90.